The number of halogens is 4. The molecule has 0 radical (unpaired) electrons. The SMILES string of the molecule is O=C(C1CCOC1)N(CCBr)CC(F)(F)F. The van der Waals surface area contributed by atoms with Crippen molar-refractivity contribution in [3.63, 3.8) is 0 Å². The van der Waals surface area contributed by atoms with Gasteiger partial charge in [-0.2, -0.15) is 13.2 Å². The maximum absolute atomic E-state index is 12.2. The third-order valence-electron chi connectivity index (χ3n) is 2.32. The van der Waals surface area contributed by atoms with Crippen molar-refractivity contribution in [2.75, 3.05) is 31.6 Å². The van der Waals surface area contributed by atoms with E-state index >= 15 is 0 Å². The number of rotatable bonds is 4. The van der Waals surface area contributed by atoms with Crippen molar-refractivity contribution in [1.82, 2.24) is 4.90 Å². The van der Waals surface area contributed by atoms with Gasteiger partial charge >= 0.3 is 6.18 Å². The number of carbonyl (C=O) groups excluding carboxylic acids is 1. The fourth-order valence-corrected chi connectivity index (χ4v) is 2.00. The molecule has 1 rings (SSSR count). The first kappa shape index (κ1) is 13.8. The summed E-state index contributed by atoms with van der Waals surface area (Å²) in [7, 11) is 0. The van der Waals surface area contributed by atoms with Gasteiger partial charge in [0.1, 0.15) is 6.54 Å². The molecule has 1 amide bonds. The molecule has 0 bridgehead atoms. The van der Waals surface area contributed by atoms with Gasteiger partial charge < -0.3 is 9.64 Å². The Bertz CT molecular complexity index is 241. The minimum atomic E-state index is -4.35. The smallest absolute Gasteiger partial charge is 0.381 e. The van der Waals surface area contributed by atoms with Gasteiger partial charge in [0.25, 0.3) is 0 Å². The summed E-state index contributed by atoms with van der Waals surface area (Å²) in [6, 6.07) is 0. The Labute approximate surface area is 100 Å². The summed E-state index contributed by atoms with van der Waals surface area (Å²) in [5, 5.41) is 0.336. The Morgan fingerprint density at radius 2 is 2.19 bits per heavy atom. The summed E-state index contributed by atoms with van der Waals surface area (Å²) in [5.74, 6) is -0.879. The van der Waals surface area contributed by atoms with E-state index in [9.17, 15) is 18.0 Å². The summed E-state index contributed by atoms with van der Waals surface area (Å²) in [6.07, 6.45) is -3.84. The maximum Gasteiger partial charge on any atom is 0.406 e. The topological polar surface area (TPSA) is 29.5 Å². The van der Waals surface area contributed by atoms with Crippen LogP contribution in [0.2, 0.25) is 0 Å². The van der Waals surface area contributed by atoms with Gasteiger partial charge in [0.05, 0.1) is 12.5 Å². The lowest BCUT2D eigenvalue weighted by Gasteiger charge is -2.25. The molecule has 0 aromatic heterocycles. The molecule has 0 aliphatic carbocycles. The highest BCUT2D eigenvalue weighted by Gasteiger charge is 2.36. The summed E-state index contributed by atoms with van der Waals surface area (Å²) in [6.45, 7) is -0.442. The summed E-state index contributed by atoms with van der Waals surface area (Å²) < 4.78 is 41.7. The molecule has 1 aliphatic heterocycles. The molecular formula is C9H13BrF3NO2. The van der Waals surface area contributed by atoms with E-state index in [0.717, 1.165) is 4.90 Å². The first-order valence-electron chi connectivity index (χ1n) is 4.93. The second-order valence-corrected chi connectivity index (χ2v) is 4.42. The Hall–Kier alpha value is -0.300. The molecule has 1 saturated heterocycles. The van der Waals surface area contributed by atoms with Gasteiger partial charge in [-0.15, -0.1) is 0 Å². The van der Waals surface area contributed by atoms with Crippen LogP contribution in [0.1, 0.15) is 6.42 Å². The van der Waals surface area contributed by atoms with Crippen LogP contribution in [0.4, 0.5) is 13.2 Å². The molecule has 0 aromatic rings. The summed E-state index contributed by atoms with van der Waals surface area (Å²) in [4.78, 5) is 12.6. The van der Waals surface area contributed by atoms with E-state index in [1.807, 2.05) is 0 Å². The fraction of sp³-hybridized carbons (Fsp3) is 0.889. The van der Waals surface area contributed by atoms with Crippen molar-refractivity contribution >= 4 is 21.8 Å². The zero-order chi connectivity index (χ0) is 12.2. The number of amides is 1. The number of nitrogens with zero attached hydrogens (tertiary/aromatic N) is 1. The second-order valence-electron chi connectivity index (χ2n) is 3.62. The van der Waals surface area contributed by atoms with Crippen molar-refractivity contribution in [3.8, 4) is 0 Å². The Morgan fingerprint density at radius 3 is 2.62 bits per heavy atom. The number of ether oxygens (including phenoxy) is 1. The molecule has 7 heteroatoms. The van der Waals surface area contributed by atoms with Gasteiger partial charge in [0.15, 0.2) is 0 Å². The number of carbonyl (C=O) groups is 1. The van der Waals surface area contributed by atoms with E-state index in [0.29, 0.717) is 18.4 Å². The third-order valence-corrected chi connectivity index (χ3v) is 2.67. The predicted molar refractivity (Wildman–Crippen MR) is 55.4 cm³/mol. The van der Waals surface area contributed by atoms with Crippen molar-refractivity contribution in [2.45, 2.75) is 12.6 Å². The van der Waals surface area contributed by atoms with Crippen LogP contribution in [-0.4, -0.2) is 48.6 Å². The predicted octanol–water partition coefficient (Wildman–Crippen LogP) is 1.81. The van der Waals surface area contributed by atoms with Crippen LogP contribution in [0, 0.1) is 5.92 Å². The number of alkyl halides is 4. The summed E-state index contributed by atoms with van der Waals surface area (Å²) in [5.41, 5.74) is 0. The molecule has 0 spiro atoms. The van der Waals surface area contributed by atoms with Crippen molar-refractivity contribution < 1.29 is 22.7 Å². The molecule has 94 valence electrons. The first-order chi connectivity index (χ1) is 7.44. The molecule has 16 heavy (non-hydrogen) atoms. The Kier molecular flexibility index (Phi) is 5.04. The lowest BCUT2D eigenvalue weighted by atomic mass is 10.1. The van der Waals surface area contributed by atoms with Crippen LogP contribution < -0.4 is 0 Å². The molecule has 1 atom stereocenters. The van der Waals surface area contributed by atoms with Crippen LogP contribution in [-0.2, 0) is 9.53 Å². The number of hydrogen-bond acceptors (Lipinski definition) is 2. The number of hydrogen-bond donors (Lipinski definition) is 0. The van der Waals surface area contributed by atoms with Gasteiger partial charge in [0, 0.05) is 18.5 Å². The molecule has 1 fully saturated rings. The Balaban J connectivity index is 2.57. The fourth-order valence-electron chi connectivity index (χ4n) is 1.57. The van der Waals surface area contributed by atoms with Crippen molar-refractivity contribution in [1.29, 1.82) is 0 Å². The molecular weight excluding hydrogens is 291 g/mol. The van der Waals surface area contributed by atoms with Gasteiger partial charge in [-0.25, -0.2) is 0 Å². The average Bonchev–Trinajstić information content (AvgIpc) is 2.66. The first-order valence-corrected chi connectivity index (χ1v) is 6.05. The minimum Gasteiger partial charge on any atom is -0.381 e. The zero-order valence-corrected chi connectivity index (χ0v) is 10.2. The lowest BCUT2D eigenvalue weighted by molar-refractivity contribution is -0.163. The average molecular weight is 304 g/mol. The standard InChI is InChI=1S/C9H13BrF3NO2/c10-2-3-14(6-9(11,12)13)8(15)7-1-4-16-5-7/h7H,1-6H2. The normalized spacial score (nSPS) is 21.1. The van der Waals surface area contributed by atoms with Gasteiger partial charge in [-0.3, -0.25) is 4.79 Å². The minimum absolute atomic E-state index is 0.0643. The molecule has 3 nitrogen and oxygen atoms in total. The van der Waals surface area contributed by atoms with E-state index in [-0.39, 0.29) is 13.2 Å². The van der Waals surface area contributed by atoms with Crippen molar-refractivity contribution in [3.05, 3.63) is 0 Å². The van der Waals surface area contributed by atoms with Gasteiger partial charge in [-0.05, 0) is 6.42 Å². The van der Waals surface area contributed by atoms with E-state index < -0.39 is 24.5 Å². The van der Waals surface area contributed by atoms with Crippen LogP contribution >= 0.6 is 15.9 Å². The molecule has 1 heterocycles. The highest BCUT2D eigenvalue weighted by Crippen LogP contribution is 2.21. The highest BCUT2D eigenvalue weighted by molar-refractivity contribution is 9.09. The largest absolute Gasteiger partial charge is 0.406 e. The van der Waals surface area contributed by atoms with E-state index in [1.165, 1.54) is 0 Å². The second kappa shape index (κ2) is 5.86. The maximum atomic E-state index is 12.2. The van der Waals surface area contributed by atoms with E-state index in [1.54, 1.807) is 0 Å². The quantitative estimate of drug-likeness (QED) is 0.741. The third kappa shape index (κ3) is 4.29. The lowest BCUT2D eigenvalue weighted by Crippen LogP contribution is -2.43. The highest BCUT2D eigenvalue weighted by atomic mass is 79.9. The summed E-state index contributed by atoms with van der Waals surface area (Å²) >= 11 is 3.04. The van der Waals surface area contributed by atoms with Crippen LogP contribution in [0.25, 0.3) is 0 Å². The van der Waals surface area contributed by atoms with E-state index in [4.69, 9.17) is 4.74 Å². The molecule has 1 aliphatic rings. The Morgan fingerprint density at radius 1 is 1.50 bits per heavy atom. The van der Waals surface area contributed by atoms with Gasteiger partial charge in [-0.1, -0.05) is 15.9 Å². The van der Waals surface area contributed by atoms with Gasteiger partial charge in [0.2, 0.25) is 5.91 Å². The molecule has 0 N–H and O–H groups in total. The zero-order valence-electron chi connectivity index (χ0n) is 8.60. The molecule has 1 unspecified atom stereocenters. The molecule has 0 saturated carbocycles. The van der Waals surface area contributed by atoms with Crippen LogP contribution in [0.5, 0.6) is 0 Å². The van der Waals surface area contributed by atoms with Crippen molar-refractivity contribution in [2.24, 2.45) is 5.92 Å². The monoisotopic (exact) mass is 303 g/mol. The van der Waals surface area contributed by atoms with Crippen LogP contribution in [0.3, 0.4) is 0 Å². The molecule has 0 aromatic carbocycles. The van der Waals surface area contributed by atoms with Crippen LogP contribution in [0.15, 0.2) is 0 Å². The van der Waals surface area contributed by atoms with E-state index in [2.05, 4.69) is 15.9 Å².